The second-order valence-corrected chi connectivity index (χ2v) is 5.22. The van der Waals surface area contributed by atoms with Gasteiger partial charge in [-0.15, -0.1) is 0 Å². The lowest BCUT2D eigenvalue weighted by Gasteiger charge is -2.17. The van der Waals surface area contributed by atoms with Gasteiger partial charge >= 0.3 is 0 Å². The molecule has 0 unspecified atom stereocenters. The predicted molar refractivity (Wildman–Crippen MR) is 82.5 cm³/mol. The number of anilines is 1. The Morgan fingerprint density at radius 1 is 1.29 bits per heavy atom. The van der Waals surface area contributed by atoms with E-state index in [1.54, 1.807) is 29.0 Å². The van der Waals surface area contributed by atoms with Gasteiger partial charge in [0.25, 0.3) is 5.56 Å². The van der Waals surface area contributed by atoms with E-state index in [4.69, 9.17) is 5.73 Å². The van der Waals surface area contributed by atoms with Gasteiger partial charge in [-0.3, -0.25) is 4.79 Å². The number of halogens is 1. The molecule has 5 heteroatoms. The number of nitrogens with two attached hydrogens (primary N) is 1. The van der Waals surface area contributed by atoms with E-state index < -0.39 is 0 Å². The number of hydrogen-bond donors (Lipinski definition) is 1. The zero-order chi connectivity index (χ0) is 15.2. The van der Waals surface area contributed by atoms with E-state index in [9.17, 15) is 9.18 Å². The Morgan fingerprint density at radius 3 is 2.86 bits per heavy atom. The minimum atomic E-state index is -0.216. The first-order valence-corrected chi connectivity index (χ1v) is 6.93. The molecule has 0 amide bonds. The SMILES string of the molecule is CN(CCCn1cc(N)ccc1=O)Cc1cccc(F)c1. The normalized spacial score (nSPS) is 11.0. The predicted octanol–water partition coefficient (Wildman–Crippen LogP) is 2.09. The second kappa shape index (κ2) is 7.04. The first-order chi connectivity index (χ1) is 10.0. The molecule has 0 fully saturated rings. The van der Waals surface area contributed by atoms with Crippen molar-refractivity contribution in [2.75, 3.05) is 19.3 Å². The molecule has 0 aliphatic heterocycles. The summed E-state index contributed by atoms with van der Waals surface area (Å²) in [6, 6.07) is 9.68. The Kier molecular flexibility index (Phi) is 5.11. The van der Waals surface area contributed by atoms with Crippen molar-refractivity contribution in [2.45, 2.75) is 19.5 Å². The molecule has 21 heavy (non-hydrogen) atoms. The molecule has 0 spiro atoms. The molecule has 0 aliphatic carbocycles. The summed E-state index contributed by atoms with van der Waals surface area (Å²) in [5.41, 5.74) is 7.15. The summed E-state index contributed by atoms with van der Waals surface area (Å²) < 4.78 is 14.7. The fraction of sp³-hybridized carbons (Fsp3) is 0.312. The third-order valence-corrected chi connectivity index (χ3v) is 3.29. The lowest BCUT2D eigenvalue weighted by molar-refractivity contribution is 0.313. The molecule has 2 N–H and O–H groups in total. The van der Waals surface area contributed by atoms with Crippen molar-refractivity contribution in [1.82, 2.24) is 9.47 Å². The maximum absolute atomic E-state index is 13.1. The minimum Gasteiger partial charge on any atom is -0.398 e. The summed E-state index contributed by atoms with van der Waals surface area (Å²) in [5, 5.41) is 0. The van der Waals surface area contributed by atoms with E-state index in [1.807, 2.05) is 13.1 Å². The number of nitrogen functional groups attached to an aromatic ring is 1. The molecule has 0 radical (unpaired) electrons. The van der Waals surface area contributed by atoms with Gasteiger partial charge in [0.2, 0.25) is 0 Å². The zero-order valence-electron chi connectivity index (χ0n) is 12.1. The lowest BCUT2D eigenvalue weighted by Crippen LogP contribution is -2.24. The standard InChI is InChI=1S/C16H20FN3O/c1-19(11-13-4-2-5-14(17)10-13)8-3-9-20-12-15(18)6-7-16(20)21/h2,4-7,10,12H,3,8-9,11,18H2,1H3. The summed E-state index contributed by atoms with van der Waals surface area (Å²) >= 11 is 0. The maximum atomic E-state index is 13.1. The molecule has 0 saturated heterocycles. The smallest absolute Gasteiger partial charge is 0.250 e. The topological polar surface area (TPSA) is 51.3 Å². The number of hydrogen-bond acceptors (Lipinski definition) is 3. The highest BCUT2D eigenvalue weighted by atomic mass is 19.1. The van der Waals surface area contributed by atoms with Crippen LogP contribution < -0.4 is 11.3 Å². The number of aromatic nitrogens is 1. The van der Waals surface area contributed by atoms with Gasteiger partial charge in [-0.1, -0.05) is 12.1 Å². The maximum Gasteiger partial charge on any atom is 0.250 e. The molecule has 0 aliphatic rings. The van der Waals surface area contributed by atoms with Crippen LogP contribution in [0.1, 0.15) is 12.0 Å². The zero-order valence-corrected chi connectivity index (χ0v) is 12.1. The number of aryl methyl sites for hydroxylation is 1. The molecule has 1 heterocycles. The van der Waals surface area contributed by atoms with Crippen molar-refractivity contribution in [2.24, 2.45) is 0 Å². The van der Waals surface area contributed by atoms with Gasteiger partial charge in [0.05, 0.1) is 0 Å². The van der Waals surface area contributed by atoms with Gasteiger partial charge in [0, 0.05) is 31.0 Å². The van der Waals surface area contributed by atoms with Gasteiger partial charge < -0.3 is 15.2 Å². The van der Waals surface area contributed by atoms with E-state index in [1.165, 1.54) is 12.1 Å². The van der Waals surface area contributed by atoms with Gasteiger partial charge in [0.1, 0.15) is 5.82 Å². The van der Waals surface area contributed by atoms with Crippen LogP contribution in [0.4, 0.5) is 10.1 Å². The third kappa shape index (κ3) is 4.72. The monoisotopic (exact) mass is 289 g/mol. The first kappa shape index (κ1) is 15.3. The Hall–Kier alpha value is -2.14. The van der Waals surface area contributed by atoms with Crippen LogP contribution in [-0.2, 0) is 13.1 Å². The Labute approximate surface area is 123 Å². The van der Waals surface area contributed by atoms with E-state index in [-0.39, 0.29) is 11.4 Å². The van der Waals surface area contributed by atoms with Crippen LogP contribution >= 0.6 is 0 Å². The van der Waals surface area contributed by atoms with E-state index in [0.29, 0.717) is 18.8 Å². The quantitative estimate of drug-likeness (QED) is 0.886. The molecule has 0 atom stereocenters. The molecule has 2 rings (SSSR count). The van der Waals surface area contributed by atoms with Crippen molar-refractivity contribution in [3.8, 4) is 0 Å². The Morgan fingerprint density at radius 2 is 2.10 bits per heavy atom. The van der Waals surface area contributed by atoms with Crippen LogP contribution in [-0.4, -0.2) is 23.1 Å². The van der Waals surface area contributed by atoms with Crippen LogP contribution in [0.5, 0.6) is 0 Å². The molecule has 4 nitrogen and oxygen atoms in total. The van der Waals surface area contributed by atoms with Crippen LogP contribution in [0.2, 0.25) is 0 Å². The summed E-state index contributed by atoms with van der Waals surface area (Å²) in [5.74, 6) is -0.216. The largest absolute Gasteiger partial charge is 0.398 e. The summed E-state index contributed by atoms with van der Waals surface area (Å²) in [6.45, 7) is 2.12. The number of pyridine rings is 1. The van der Waals surface area contributed by atoms with E-state index in [0.717, 1.165) is 18.5 Å². The van der Waals surface area contributed by atoms with Crippen molar-refractivity contribution < 1.29 is 4.39 Å². The highest BCUT2D eigenvalue weighted by Gasteiger charge is 2.02. The van der Waals surface area contributed by atoms with Crippen LogP contribution in [0.3, 0.4) is 0 Å². The van der Waals surface area contributed by atoms with E-state index in [2.05, 4.69) is 4.90 Å². The third-order valence-electron chi connectivity index (χ3n) is 3.29. The number of rotatable bonds is 6. The summed E-state index contributed by atoms with van der Waals surface area (Å²) in [4.78, 5) is 13.7. The van der Waals surface area contributed by atoms with Gasteiger partial charge in [-0.05, 0) is 43.8 Å². The summed E-state index contributed by atoms with van der Waals surface area (Å²) in [6.07, 6.45) is 2.49. The first-order valence-electron chi connectivity index (χ1n) is 6.93. The second-order valence-electron chi connectivity index (χ2n) is 5.22. The molecular weight excluding hydrogens is 269 g/mol. The van der Waals surface area contributed by atoms with Crippen molar-refractivity contribution >= 4 is 5.69 Å². The average molecular weight is 289 g/mol. The number of benzene rings is 1. The molecule has 2 aromatic rings. The lowest BCUT2D eigenvalue weighted by atomic mass is 10.2. The van der Waals surface area contributed by atoms with Gasteiger partial charge in [0.15, 0.2) is 0 Å². The number of nitrogens with zero attached hydrogens (tertiary/aromatic N) is 2. The molecule has 1 aromatic carbocycles. The summed E-state index contributed by atoms with van der Waals surface area (Å²) in [7, 11) is 1.98. The Bertz CT molecular complexity index is 654. The van der Waals surface area contributed by atoms with Crippen LogP contribution in [0.25, 0.3) is 0 Å². The van der Waals surface area contributed by atoms with Gasteiger partial charge in [-0.2, -0.15) is 0 Å². The van der Waals surface area contributed by atoms with E-state index >= 15 is 0 Å². The molecule has 0 bridgehead atoms. The molecule has 112 valence electrons. The van der Waals surface area contributed by atoms with Crippen molar-refractivity contribution in [3.63, 3.8) is 0 Å². The van der Waals surface area contributed by atoms with Gasteiger partial charge in [-0.25, -0.2) is 4.39 Å². The average Bonchev–Trinajstić information content (AvgIpc) is 2.42. The minimum absolute atomic E-state index is 0.0445. The molecule has 0 saturated carbocycles. The highest BCUT2D eigenvalue weighted by Crippen LogP contribution is 2.06. The van der Waals surface area contributed by atoms with Crippen LogP contribution in [0.15, 0.2) is 47.4 Å². The van der Waals surface area contributed by atoms with Crippen molar-refractivity contribution in [3.05, 3.63) is 64.3 Å². The molecular formula is C16H20FN3O. The van der Waals surface area contributed by atoms with Crippen molar-refractivity contribution in [1.29, 1.82) is 0 Å². The fourth-order valence-corrected chi connectivity index (χ4v) is 2.26. The molecule has 1 aromatic heterocycles. The van der Waals surface area contributed by atoms with Crippen LogP contribution in [0, 0.1) is 5.82 Å². The Balaban J connectivity index is 1.83. The fourth-order valence-electron chi connectivity index (χ4n) is 2.26. The highest BCUT2D eigenvalue weighted by molar-refractivity contribution is 5.33.